The summed E-state index contributed by atoms with van der Waals surface area (Å²) in [5, 5.41) is 3.63. The Hall–Kier alpha value is -0.0800. The van der Waals surface area contributed by atoms with Crippen molar-refractivity contribution < 1.29 is 0 Å². The lowest BCUT2D eigenvalue weighted by Gasteiger charge is -2.23. The molecule has 1 N–H and O–H groups in total. The van der Waals surface area contributed by atoms with Crippen LogP contribution in [-0.2, 0) is 0 Å². The standard InChI is InChI=1S/C15H34N2/c1-5-8-9-10-11-12-13-16-15(4)14-17(6-2)7-3/h15-16H,5-14H2,1-4H3. The highest BCUT2D eigenvalue weighted by Crippen LogP contribution is 2.04. The van der Waals surface area contributed by atoms with Crippen LogP contribution in [0, 0.1) is 0 Å². The van der Waals surface area contributed by atoms with E-state index in [0.29, 0.717) is 6.04 Å². The fourth-order valence-electron chi connectivity index (χ4n) is 2.19. The summed E-state index contributed by atoms with van der Waals surface area (Å²) in [7, 11) is 0. The maximum Gasteiger partial charge on any atom is 0.0166 e. The quantitative estimate of drug-likeness (QED) is 0.525. The number of rotatable bonds is 12. The van der Waals surface area contributed by atoms with Gasteiger partial charge in [0.05, 0.1) is 0 Å². The molecule has 0 saturated heterocycles. The monoisotopic (exact) mass is 242 g/mol. The molecule has 0 heterocycles. The Kier molecular flexibility index (Phi) is 12.3. The largest absolute Gasteiger partial charge is 0.313 e. The number of hydrogen-bond donors (Lipinski definition) is 1. The highest BCUT2D eigenvalue weighted by Gasteiger charge is 2.05. The molecule has 0 aliphatic heterocycles. The third-order valence-electron chi connectivity index (χ3n) is 3.45. The minimum atomic E-state index is 0.630. The van der Waals surface area contributed by atoms with Gasteiger partial charge in [0.15, 0.2) is 0 Å². The van der Waals surface area contributed by atoms with E-state index in [1.807, 2.05) is 0 Å². The third kappa shape index (κ3) is 10.8. The minimum Gasteiger partial charge on any atom is -0.313 e. The van der Waals surface area contributed by atoms with E-state index in [4.69, 9.17) is 0 Å². The fraction of sp³-hybridized carbons (Fsp3) is 1.00. The molecular weight excluding hydrogens is 208 g/mol. The highest BCUT2D eigenvalue weighted by atomic mass is 15.1. The molecule has 0 aromatic rings. The van der Waals surface area contributed by atoms with Crippen LogP contribution in [0.25, 0.3) is 0 Å². The lowest BCUT2D eigenvalue weighted by molar-refractivity contribution is 0.271. The summed E-state index contributed by atoms with van der Waals surface area (Å²) in [6.07, 6.45) is 8.33. The molecule has 0 amide bonds. The molecule has 104 valence electrons. The van der Waals surface area contributed by atoms with Gasteiger partial charge in [-0.1, -0.05) is 52.9 Å². The van der Waals surface area contributed by atoms with Crippen LogP contribution >= 0.6 is 0 Å². The molecule has 0 radical (unpaired) electrons. The minimum absolute atomic E-state index is 0.630. The van der Waals surface area contributed by atoms with Crippen LogP contribution in [0.4, 0.5) is 0 Å². The Morgan fingerprint density at radius 1 is 0.882 bits per heavy atom. The molecule has 2 nitrogen and oxygen atoms in total. The van der Waals surface area contributed by atoms with Crippen molar-refractivity contribution in [2.75, 3.05) is 26.2 Å². The van der Waals surface area contributed by atoms with Crippen LogP contribution in [0.2, 0.25) is 0 Å². The molecule has 0 aliphatic rings. The van der Waals surface area contributed by atoms with Gasteiger partial charge in [-0.3, -0.25) is 0 Å². The molecule has 0 bridgehead atoms. The average molecular weight is 242 g/mol. The van der Waals surface area contributed by atoms with Crippen LogP contribution in [-0.4, -0.2) is 37.1 Å². The van der Waals surface area contributed by atoms with Gasteiger partial charge in [-0.05, 0) is 33.0 Å². The predicted molar refractivity (Wildman–Crippen MR) is 78.6 cm³/mol. The second kappa shape index (κ2) is 12.4. The van der Waals surface area contributed by atoms with E-state index in [0.717, 1.165) is 0 Å². The van der Waals surface area contributed by atoms with Crippen molar-refractivity contribution in [3.63, 3.8) is 0 Å². The number of unbranched alkanes of at least 4 members (excludes halogenated alkanes) is 5. The Labute approximate surface area is 109 Å². The van der Waals surface area contributed by atoms with E-state index >= 15 is 0 Å². The average Bonchev–Trinajstić information content (AvgIpc) is 2.34. The predicted octanol–water partition coefficient (Wildman–Crippen LogP) is 3.67. The lowest BCUT2D eigenvalue weighted by Crippen LogP contribution is -2.39. The first-order chi connectivity index (χ1) is 8.24. The van der Waals surface area contributed by atoms with Gasteiger partial charge < -0.3 is 10.2 Å². The SMILES string of the molecule is CCCCCCCCNC(C)CN(CC)CC. The molecule has 0 aliphatic carbocycles. The summed E-state index contributed by atoms with van der Waals surface area (Å²) < 4.78 is 0. The Morgan fingerprint density at radius 2 is 1.47 bits per heavy atom. The van der Waals surface area contributed by atoms with Crippen LogP contribution in [0.15, 0.2) is 0 Å². The van der Waals surface area contributed by atoms with Gasteiger partial charge in [0.1, 0.15) is 0 Å². The molecule has 2 heteroatoms. The second-order valence-corrected chi connectivity index (χ2v) is 5.11. The van der Waals surface area contributed by atoms with Gasteiger partial charge >= 0.3 is 0 Å². The van der Waals surface area contributed by atoms with Crippen molar-refractivity contribution >= 4 is 0 Å². The summed E-state index contributed by atoms with van der Waals surface area (Å²) >= 11 is 0. The fourth-order valence-corrected chi connectivity index (χ4v) is 2.19. The van der Waals surface area contributed by atoms with E-state index in [1.54, 1.807) is 0 Å². The van der Waals surface area contributed by atoms with E-state index in [9.17, 15) is 0 Å². The van der Waals surface area contributed by atoms with Crippen LogP contribution in [0.5, 0.6) is 0 Å². The first-order valence-corrected chi connectivity index (χ1v) is 7.70. The van der Waals surface area contributed by atoms with Gasteiger partial charge in [0.2, 0.25) is 0 Å². The molecule has 0 spiro atoms. The normalized spacial score (nSPS) is 13.2. The van der Waals surface area contributed by atoms with E-state index in [2.05, 4.69) is 37.9 Å². The molecule has 17 heavy (non-hydrogen) atoms. The molecule has 1 unspecified atom stereocenters. The number of nitrogens with one attached hydrogen (secondary N) is 1. The van der Waals surface area contributed by atoms with Crippen molar-refractivity contribution in [3.05, 3.63) is 0 Å². The molecule has 1 atom stereocenters. The van der Waals surface area contributed by atoms with Crippen molar-refractivity contribution in [2.24, 2.45) is 0 Å². The molecule has 0 fully saturated rings. The first kappa shape index (κ1) is 16.9. The van der Waals surface area contributed by atoms with Gasteiger partial charge in [0, 0.05) is 12.6 Å². The first-order valence-electron chi connectivity index (χ1n) is 7.70. The molecule has 0 saturated carbocycles. The summed E-state index contributed by atoms with van der Waals surface area (Å²) in [4.78, 5) is 2.49. The van der Waals surface area contributed by atoms with Crippen molar-refractivity contribution in [1.29, 1.82) is 0 Å². The zero-order valence-corrected chi connectivity index (χ0v) is 12.6. The van der Waals surface area contributed by atoms with Crippen molar-refractivity contribution in [1.82, 2.24) is 10.2 Å². The lowest BCUT2D eigenvalue weighted by atomic mass is 10.1. The molecule has 0 aromatic carbocycles. The van der Waals surface area contributed by atoms with Gasteiger partial charge in [-0.25, -0.2) is 0 Å². The second-order valence-electron chi connectivity index (χ2n) is 5.11. The third-order valence-corrected chi connectivity index (χ3v) is 3.45. The smallest absolute Gasteiger partial charge is 0.0166 e. The molecule has 0 aromatic heterocycles. The summed E-state index contributed by atoms with van der Waals surface area (Å²) in [5.74, 6) is 0. The van der Waals surface area contributed by atoms with Crippen molar-refractivity contribution in [3.8, 4) is 0 Å². The van der Waals surface area contributed by atoms with E-state index in [1.165, 1.54) is 64.7 Å². The Balaban J connectivity index is 3.29. The van der Waals surface area contributed by atoms with E-state index < -0.39 is 0 Å². The number of likely N-dealkylation sites (N-methyl/N-ethyl adjacent to an activating group) is 1. The van der Waals surface area contributed by atoms with Crippen molar-refractivity contribution in [2.45, 2.75) is 72.3 Å². The molecular formula is C15H34N2. The van der Waals surface area contributed by atoms with Gasteiger partial charge in [-0.15, -0.1) is 0 Å². The Bertz CT molecular complexity index is 144. The van der Waals surface area contributed by atoms with Crippen LogP contribution in [0.1, 0.15) is 66.2 Å². The van der Waals surface area contributed by atoms with Gasteiger partial charge in [0.25, 0.3) is 0 Å². The van der Waals surface area contributed by atoms with Crippen LogP contribution in [0.3, 0.4) is 0 Å². The van der Waals surface area contributed by atoms with Gasteiger partial charge in [-0.2, -0.15) is 0 Å². The molecule has 0 rings (SSSR count). The van der Waals surface area contributed by atoms with E-state index in [-0.39, 0.29) is 0 Å². The number of nitrogens with zero attached hydrogens (tertiary/aromatic N) is 1. The van der Waals surface area contributed by atoms with Crippen LogP contribution < -0.4 is 5.32 Å². The Morgan fingerprint density at radius 3 is 2.06 bits per heavy atom. The maximum absolute atomic E-state index is 3.63. The maximum atomic E-state index is 3.63. The summed E-state index contributed by atoms with van der Waals surface area (Å²) in [6.45, 7) is 13.8. The number of hydrogen-bond acceptors (Lipinski definition) is 2. The zero-order chi connectivity index (χ0) is 12.9. The topological polar surface area (TPSA) is 15.3 Å². The zero-order valence-electron chi connectivity index (χ0n) is 12.6. The summed E-state index contributed by atoms with van der Waals surface area (Å²) in [5.41, 5.74) is 0. The highest BCUT2D eigenvalue weighted by molar-refractivity contribution is 4.66. The summed E-state index contributed by atoms with van der Waals surface area (Å²) in [6, 6.07) is 0.630.